The summed E-state index contributed by atoms with van der Waals surface area (Å²) in [4.78, 5) is 6.06. The number of imidazole rings is 1. The van der Waals surface area contributed by atoms with Crippen molar-refractivity contribution in [3.63, 3.8) is 0 Å². The van der Waals surface area contributed by atoms with E-state index in [-0.39, 0.29) is 30.1 Å². The van der Waals surface area contributed by atoms with Crippen molar-refractivity contribution in [2.75, 3.05) is 11.5 Å². The van der Waals surface area contributed by atoms with Gasteiger partial charge in [-0.3, -0.25) is 4.90 Å². The zero-order valence-corrected chi connectivity index (χ0v) is 12.8. The van der Waals surface area contributed by atoms with Crippen molar-refractivity contribution in [1.82, 2.24) is 14.5 Å². The van der Waals surface area contributed by atoms with Gasteiger partial charge in [0.2, 0.25) is 0 Å². The molecule has 0 spiro atoms. The molecule has 0 amide bonds. The van der Waals surface area contributed by atoms with Gasteiger partial charge in [0.1, 0.15) is 12.4 Å². The number of hydrogen-bond donors (Lipinski definition) is 0. The lowest BCUT2D eigenvalue weighted by atomic mass is 10.2. The first-order valence-electron chi connectivity index (χ1n) is 7.26. The molecule has 1 aliphatic carbocycles. The minimum Gasteiger partial charge on any atom is -0.325 e. The van der Waals surface area contributed by atoms with Gasteiger partial charge in [0, 0.05) is 24.5 Å². The van der Waals surface area contributed by atoms with Crippen molar-refractivity contribution in [2.24, 2.45) is 0 Å². The molecule has 1 aliphatic heterocycles. The highest BCUT2D eigenvalue weighted by molar-refractivity contribution is 7.91. The second-order valence-electron chi connectivity index (χ2n) is 6.05. The molecular formula is C13H18F3N3O2S. The van der Waals surface area contributed by atoms with Crippen LogP contribution in [0.25, 0.3) is 0 Å². The highest BCUT2D eigenvalue weighted by atomic mass is 32.2. The molecule has 2 heterocycles. The Kier molecular flexibility index (Phi) is 3.96. The van der Waals surface area contributed by atoms with Crippen molar-refractivity contribution in [1.29, 1.82) is 0 Å². The van der Waals surface area contributed by atoms with E-state index >= 15 is 0 Å². The summed E-state index contributed by atoms with van der Waals surface area (Å²) in [5.41, 5.74) is 0. The van der Waals surface area contributed by atoms with E-state index < -0.39 is 22.6 Å². The number of aromatic nitrogens is 2. The molecule has 0 aromatic carbocycles. The second kappa shape index (κ2) is 5.52. The lowest BCUT2D eigenvalue weighted by Gasteiger charge is -2.28. The maximum absolute atomic E-state index is 12.6. The maximum atomic E-state index is 12.6. The fourth-order valence-electron chi connectivity index (χ4n) is 2.99. The van der Waals surface area contributed by atoms with Crippen LogP contribution in [-0.2, 0) is 22.9 Å². The smallest absolute Gasteiger partial charge is 0.325 e. The van der Waals surface area contributed by atoms with Gasteiger partial charge in [-0.2, -0.15) is 13.2 Å². The van der Waals surface area contributed by atoms with E-state index in [0.717, 1.165) is 17.4 Å². The number of sulfone groups is 1. The Morgan fingerprint density at radius 3 is 2.55 bits per heavy atom. The quantitative estimate of drug-likeness (QED) is 0.819. The molecule has 0 bridgehead atoms. The van der Waals surface area contributed by atoms with Crippen molar-refractivity contribution in [2.45, 2.75) is 50.6 Å². The molecule has 9 heteroatoms. The molecule has 0 radical (unpaired) electrons. The zero-order valence-electron chi connectivity index (χ0n) is 12.0. The molecule has 5 nitrogen and oxygen atoms in total. The molecule has 1 aromatic rings. The first kappa shape index (κ1) is 15.8. The monoisotopic (exact) mass is 337 g/mol. The van der Waals surface area contributed by atoms with Crippen LogP contribution in [0.15, 0.2) is 12.4 Å². The third-order valence-corrected chi connectivity index (χ3v) is 5.92. The van der Waals surface area contributed by atoms with Crippen molar-refractivity contribution in [3.05, 3.63) is 18.2 Å². The molecule has 2 aliphatic rings. The summed E-state index contributed by atoms with van der Waals surface area (Å²) in [6, 6.07) is 0.169. The molecule has 1 atom stereocenters. The van der Waals surface area contributed by atoms with Crippen LogP contribution in [0.3, 0.4) is 0 Å². The van der Waals surface area contributed by atoms with Crippen LogP contribution in [0, 0.1) is 0 Å². The number of halogens is 3. The highest BCUT2D eigenvalue weighted by Gasteiger charge is 2.40. The standard InChI is InChI=1S/C13H18F3N3O2S/c14-13(15,16)9-18-5-4-17-12(18)7-19(10-1-2-10)11-3-6-22(20,21)8-11/h4-5,10-11H,1-3,6-9H2/t11-/m1/s1. The first-order valence-corrected chi connectivity index (χ1v) is 9.08. The van der Waals surface area contributed by atoms with E-state index in [1.807, 2.05) is 4.90 Å². The minimum atomic E-state index is -4.30. The van der Waals surface area contributed by atoms with Gasteiger partial charge in [-0.1, -0.05) is 0 Å². The predicted octanol–water partition coefficient (Wildman–Crippen LogP) is 1.60. The van der Waals surface area contributed by atoms with Gasteiger partial charge in [0.25, 0.3) is 0 Å². The van der Waals surface area contributed by atoms with Crippen LogP contribution in [0.4, 0.5) is 13.2 Å². The van der Waals surface area contributed by atoms with Crippen LogP contribution in [0.2, 0.25) is 0 Å². The number of nitrogens with zero attached hydrogens (tertiary/aromatic N) is 3. The van der Waals surface area contributed by atoms with E-state index in [1.165, 1.54) is 12.4 Å². The molecule has 22 heavy (non-hydrogen) atoms. The normalized spacial score (nSPS) is 25.0. The minimum absolute atomic E-state index is 0.101. The van der Waals surface area contributed by atoms with Crippen LogP contribution < -0.4 is 0 Å². The van der Waals surface area contributed by atoms with E-state index in [2.05, 4.69) is 4.98 Å². The molecule has 1 saturated heterocycles. The summed E-state index contributed by atoms with van der Waals surface area (Å²) in [6.45, 7) is -0.794. The molecule has 124 valence electrons. The summed E-state index contributed by atoms with van der Waals surface area (Å²) in [6.07, 6.45) is 0.874. The summed E-state index contributed by atoms with van der Waals surface area (Å²) >= 11 is 0. The summed E-state index contributed by atoms with van der Waals surface area (Å²) in [7, 11) is -3.01. The molecular weight excluding hydrogens is 319 g/mol. The van der Waals surface area contributed by atoms with Gasteiger partial charge in [0.15, 0.2) is 9.84 Å². The average molecular weight is 337 g/mol. The third kappa shape index (κ3) is 3.81. The maximum Gasteiger partial charge on any atom is 0.406 e. The molecule has 0 N–H and O–H groups in total. The lowest BCUT2D eigenvalue weighted by Crippen LogP contribution is -2.38. The zero-order chi connectivity index (χ0) is 16.0. The SMILES string of the molecule is O=S1(=O)CC[C@@H](N(Cc2nccn2CC(F)(F)F)C2CC2)C1. The van der Waals surface area contributed by atoms with Gasteiger partial charge in [-0.25, -0.2) is 13.4 Å². The Morgan fingerprint density at radius 1 is 1.27 bits per heavy atom. The Balaban J connectivity index is 1.74. The highest BCUT2D eigenvalue weighted by Crippen LogP contribution is 2.33. The third-order valence-electron chi connectivity index (χ3n) is 4.17. The summed E-state index contributed by atoms with van der Waals surface area (Å²) < 4.78 is 62.1. The van der Waals surface area contributed by atoms with E-state index in [9.17, 15) is 21.6 Å². The topological polar surface area (TPSA) is 55.2 Å². The van der Waals surface area contributed by atoms with Crippen LogP contribution in [-0.4, -0.2) is 52.6 Å². The van der Waals surface area contributed by atoms with Crippen LogP contribution in [0.5, 0.6) is 0 Å². The molecule has 2 fully saturated rings. The Labute approximate surface area is 127 Å². The second-order valence-corrected chi connectivity index (χ2v) is 8.28. The Bertz CT molecular complexity index is 637. The van der Waals surface area contributed by atoms with Crippen LogP contribution in [0.1, 0.15) is 25.1 Å². The van der Waals surface area contributed by atoms with Gasteiger partial charge in [-0.15, -0.1) is 0 Å². The first-order chi connectivity index (χ1) is 10.2. The summed E-state index contributed by atoms with van der Waals surface area (Å²) in [5.74, 6) is 0.606. The fraction of sp³-hybridized carbons (Fsp3) is 0.769. The largest absolute Gasteiger partial charge is 0.406 e. The lowest BCUT2D eigenvalue weighted by molar-refractivity contribution is -0.141. The Hall–Kier alpha value is -1.09. The molecule has 3 rings (SSSR count). The molecule has 1 saturated carbocycles. The average Bonchev–Trinajstić information content (AvgIpc) is 3.04. The van der Waals surface area contributed by atoms with Gasteiger partial charge in [0.05, 0.1) is 18.1 Å². The van der Waals surface area contributed by atoms with Gasteiger partial charge >= 0.3 is 6.18 Å². The predicted molar refractivity (Wildman–Crippen MR) is 73.9 cm³/mol. The van der Waals surface area contributed by atoms with Crippen molar-refractivity contribution in [3.8, 4) is 0 Å². The fourth-order valence-corrected chi connectivity index (χ4v) is 4.73. The number of hydrogen-bond acceptors (Lipinski definition) is 4. The van der Waals surface area contributed by atoms with Crippen molar-refractivity contribution < 1.29 is 21.6 Å². The van der Waals surface area contributed by atoms with Gasteiger partial charge < -0.3 is 4.57 Å². The van der Waals surface area contributed by atoms with Crippen molar-refractivity contribution >= 4 is 9.84 Å². The Morgan fingerprint density at radius 2 is 2.00 bits per heavy atom. The van der Waals surface area contributed by atoms with E-state index in [4.69, 9.17) is 0 Å². The number of rotatable bonds is 5. The van der Waals surface area contributed by atoms with E-state index in [0.29, 0.717) is 12.2 Å². The van der Waals surface area contributed by atoms with E-state index in [1.54, 1.807) is 0 Å². The molecule has 0 unspecified atom stereocenters. The summed E-state index contributed by atoms with van der Waals surface area (Å²) in [5, 5.41) is 0. The van der Waals surface area contributed by atoms with Gasteiger partial charge in [-0.05, 0) is 19.3 Å². The van der Waals surface area contributed by atoms with Crippen LogP contribution >= 0.6 is 0 Å². The molecule has 1 aromatic heterocycles. The number of alkyl halides is 3.